The zero-order valence-electron chi connectivity index (χ0n) is 12.7. The maximum absolute atomic E-state index is 3.68. The average Bonchev–Trinajstić information content (AvgIpc) is 2.26. The molecule has 0 radical (unpaired) electrons. The molecule has 2 heteroatoms. The number of hydrogen-bond acceptors (Lipinski definition) is 2. The van der Waals surface area contributed by atoms with Gasteiger partial charge in [0.15, 0.2) is 0 Å². The first-order chi connectivity index (χ1) is 7.91. The van der Waals surface area contributed by atoms with Crippen molar-refractivity contribution in [1.82, 2.24) is 10.2 Å². The molecule has 102 valence electrons. The van der Waals surface area contributed by atoms with Gasteiger partial charge in [0.25, 0.3) is 0 Å². The highest BCUT2D eigenvalue weighted by Crippen LogP contribution is 2.19. The smallest absolute Gasteiger partial charge is 0.0218 e. The van der Waals surface area contributed by atoms with Crippen molar-refractivity contribution in [3.05, 3.63) is 0 Å². The summed E-state index contributed by atoms with van der Waals surface area (Å²) in [6, 6.07) is 2.09. The quantitative estimate of drug-likeness (QED) is 0.794. The molecule has 0 amide bonds. The molecule has 0 aromatic carbocycles. The molecular weight excluding hydrogens is 208 g/mol. The van der Waals surface area contributed by atoms with Crippen molar-refractivity contribution in [2.24, 2.45) is 11.8 Å². The molecule has 2 nitrogen and oxygen atoms in total. The van der Waals surface area contributed by atoms with Crippen LogP contribution in [-0.4, -0.2) is 36.1 Å². The van der Waals surface area contributed by atoms with Crippen molar-refractivity contribution in [1.29, 1.82) is 0 Å². The van der Waals surface area contributed by atoms with E-state index < -0.39 is 0 Å². The summed E-state index contributed by atoms with van der Waals surface area (Å²) in [4.78, 5) is 2.71. The van der Waals surface area contributed by atoms with Crippen LogP contribution in [-0.2, 0) is 0 Å². The number of hydrogen-bond donors (Lipinski definition) is 1. The molecule has 17 heavy (non-hydrogen) atoms. The summed E-state index contributed by atoms with van der Waals surface area (Å²) >= 11 is 0. The molecule has 1 heterocycles. The highest BCUT2D eigenvalue weighted by molar-refractivity contribution is 4.88. The summed E-state index contributed by atoms with van der Waals surface area (Å²) in [7, 11) is 0. The van der Waals surface area contributed by atoms with Crippen LogP contribution in [0, 0.1) is 11.8 Å². The number of nitrogens with zero attached hydrogens (tertiary/aromatic N) is 1. The molecule has 1 aliphatic heterocycles. The van der Waals surface area contributed by atoms with Crippen LogP contribution in [0.4, 0.5) is 0 Å². The largest absolute Gasteiger partial charge is 0.311 e. The van der Waals surface area contributed by atoms with Crippen molar-refractivity contribution in [3.8, 4) is 0 Å². The number of piperazine rings is 1. The Morgan fingerprint density at radius 2 is 1.76 bits per heavy atom. The van der Waals surface area contributed by atoms with Crippen molar-refractivity contribution < 1.29 is 0 Å². The predicted molar refractivity (Wildman–Crippen MR) is 76.3 cm³/mol. The van der Waals surface area contributed by atoms with Crippen LogP contribution in [0.1, 0.15) is 54.4 Å². The summed E-state index contributed by atoms with van der Waals surface area (Å²) in [6.45, 7) is 16.4. The van der Waals surface area contributed by atoms with Crippen LogP contribution < -0.4 is 5.32 Å². The van der Waals surface area contributed by atoms with Gasteiger partial charge in [0.2, 0.25) is 0 Å². The normalized spacial score (nSPS) is 28.9. The molecule has 1 saturated heterocycles. The zero-order valence-corrected chi connectivity index (χ0v) is 12.7. The van der Waals surface area contributed by atoms with Crippen molar-refractivity contribution in [2.75, 3.05) is 13.1 Å². The minimum Gasteiger partial charge on any atom is -0.311 e. The topological polar surface area (TPSA) is 15.3 Å². The highest BCUT2D eigenvalue weighted by Gasteiger charge is 2.29. The fourth-order valence-corrected chi connectivity index (χ4v) is 2.71. The SMILES string of the molecule is CC(C)CCC(C)N1CC(C(C)C)NCC1C. The van der Waals surface area contributed by atoms with E-state index in [9.17, 15) is 0 Å². The molecule has 3 unspecified atom stereocenters. The van der Waals surface area contributed by atoms with Crippen molar-refractivity contribution in [3.63, 3.8) is 0 Å². The second-order valence-electron chi connectivity index (χ2n) is 6.62. The summed E-state index contributed by atoms with van der Waals surface area (Å²) in [5, 5.41) is 3.68. The third kappa shape index (κ3) is 4.59. The van der Waals surface area contributed by atoms with Crippen LogP contribution in [0.25, 0.3) is 0 Å². The molecule has 0 aliphatic carbocycles. The van der Waals surface area contributed by atoms with E-state index in [0.717, 1.165) is 24.4 Å². The van der Waals surface area contributed by atoms with E-state index in [1.165, 1.54) is 19.4 Å². The van der Waals surface area contributed by atoms with E-state index >= 15 is 0 Å². The van der Waals surface area contributed by atoms with Gasteiger partial charge in [-0.15, -0.1) is 0 Å². The maximum Gasteiger partial charge on any atom is 0.0218 e. The third-order valence-corrected chi connectivity index (χ3v) is 4.18. The number of rotatable bonds is 5. The predicted octanol–water partition coefficient (Wildman–Crippen LogP) is 3.13. The zero-order chi connectivity index (χ0) is 13.0. The summed E-state index contributed by atoms with van der Waals surface area (Å²) in [6.07, 6.45) is 2.69. The lowest BCUT2D eigenvalue weighted by Crippen LogP contribution is -2.59. The van der Waals surface area contributed by atoms with E-state index in [1.807, 2.05) is 0 Å². The van der Waals surface area contributed by atoms with Crippen molar-refractivity contribution in [2.45, 2.75) is 72.5 Å². The Morgan fingerprint density at radius 3 is 2.29 bits per heavy atom. The van der Waals surface area contributed by atoms with Crippen LogP contribution in [0.3, 0.4) is 0 Å². The third-order valence-electron chi connectivity index (χ3n) is 4.18. The Labute approximate surface area is 108 Å². The van der Waals surface area contributed by atoms with Gasteiger partial charge in [-0.3, -0.25) is 4.90 Å². The first-order valence-electron chi connectivity index (χ1n) is 7.41. The van der Waals surface area contributed by atoms with Crippen molar-refractivity contribution >= 4 is 0 Å². The minimum atomic E-state index is 0.674. The van der Waals surface area contributed by atoms with Crippen LogP contribution in [0.15, 0.2) is 0 Å². The maximum atomic E-state index is 3.68. The lowest BCUT2D eigenvalue weighted by atomic mass is 9.96. The molecule has 1 rings (SSSR count). The molecule has 0 spiro atoms. The monoisotopic (exact) mass is 240 g/mol. The lowest BCUT2D eigenvalue weighted by molar-refractivity contribution is 0.0790. The van der Waals surface area contributed by atoms with Crippen LogP contribution >= 0.6 is 0 Å². The standard InChI is InChI=1S/C15H32N2/c1-11(2)7-8-13(5)17-10-15(12(3)4)16-9-14(17)6/h11-16H,7-10H2,1-6H3. The molecule has 3 atom stereocenters. The van der Waals surface area contributed by atoms with E-state index in [2.05, 4.69) is 51.8 Å². The van der Waals surface area contributed by atoms with Gasteiger partial charge in [-0.2, -0.15) is 0 Å². The Kier molecular flexibility index (Phi) is 5.94. The van der Waals surface area contributed by atoms with E-state index in [0.29, 0.717) is 12.1 Å². The van der Waals surface area contributed by atoms with Crippen LogP contribution in [0.2, 0.25) is 0 Å². The molecule has 0 bridgehead atoms. The Bertz CT molecular complexity index is 213. The minimum absolute atomic E-state index is 0.674. The summed E-state index contributed by atoms with van der Waals surface area (Å²) in [5.74, 6) is 1.57. The fourth-order valence-electron chi connectivity index (χ4n) is 2.71. The molecule has 0 aromatic heterocycles. The van der Waals surface area contributed by atoms with Crippen LogP contribution in [0.5, 0.6) is 0 Å². The Hall–Kier alpha value is -0.0800. The van der Waals surface area contributed by atoms with Gasteiger partial charge in [0.05, 0.1) is 0 Å². The van der Waals surface area contributed by atoms with E-state index in [1.54, 1.807) is 0 Å². The number of nitrogens with one attached hydrogen (secondary N) is 1. The fraction of sp³-hybridized carbons (Fsp3) is 1.00. The van der Waals surface area contributed by atoms with Gasteiger partial charge in [0, 0.05) is 31.2 Å². The highest BCUT2D eigenvalue weighted by atomic mass is 15.2. The van der Waals surface area contributed by atoms with Gasteiger partial charge >= 0.3 is 0 Å². The molecule has 1 aliphatic rings. The molecular formula is C15H32N2. The lowest BCUT2D eigenvalue weighted by Gasteiger charge is -2.43. The second kappa shape index (κ2) is 6.75. The Morgan fingerprint density at radius 1 is 1.12 bits per heavy atom. The Balaban J connectivity index is 2.48. The molecule has 0 saturated carbocycles. The van der Waals surface area contributed by atoms with Gasteiger partial charge in [-0.05, 0) is 38.5 Å². The first-order valence-corrected chi connectivity index (χ1v) is 7.41. The van der Waals surface area contributed by atoms with Gasteiger partial charge < -0.3 is 5.32 Å². The summed E-state index contributed by atoms with van der Waals surface area (Å²) in [5.41, 5.74) is 0. The second-order valence-corrected chi connectivity index (χ2v) is 6.62. The van der Waals surface area contributed by atoms with E-state index in [4.69, 9.17) is 0 Å². The summed E-state index contributed by atoms with van der Waals surface area (Å²) < 4.78 is 0. The van der Waals surface area contributed by atoms with E-state index in [-0.39, 0.29) is 0 Å². The molecule has 1 N–H and O–H groups in total. The first kappa shape index (κ1) is 15.0. The average molecular weight is 240 g/mol. The van der Waals surface area contributed by atoms with Gasteiger partial charge in [0.1, 0.15) is 0 Å². The molecule has 1 fully saturated rings. The van der Waals surface area contributed by atoms with Gasteiger partial charge in [-0.25, -0.2) is 0 Å². The molecule has 0 aromatic rings. The van der Waals surface area contributed by atoms with Gasteiger partial charge in [-0.1, -0.05) is 27.7 Å².